The highest BCUT2D eigenvalue weighted by molar-refractivity contribution is 14.0. The van der Waals surface area contributed by atoms with Crippen molar-refractivity contribution in [2.24, 2.45) is 4.99 Å². The van der Waals surface area contributed by atoms with E-state index in [2.05, 4.69) is 50.2 Å². The largest absolute Gasteiger partial charge is 0.493 e. The number of piperidine rings is 1. The molecule has 2 aromatic rings. The van der Waals surface area contributed by atoms with Gasteiger partial charge in [0, 0.05) is 32.7 Å². The van der Waals surface area contributed by atoms with Gasteiger partial charge in [-0.2, -0.15) is 0 Å². The Balaban J connectivity index is 0.00000289. The van der Waals surface area contributed by atoms with Gasteiger partial charge in [-0.05, 0) is 73.7 Å². The van der Waals surface area contributed by atoms with Crippen molar-refractivity contribution >= 4 is 46.3 Å². The molecular formula is C24H35IN4O2S. The average molecular weight is 571 g/mol. The summed E-state index contributed by atoms with van der Waals surface area (Å²) in [5.74, 6) is 2.49. The van der Waals surface area contributed by atoms with Crippen molar-refractivity contribution in [1.29, 1.82) is 0 Å². The summed E-state index contributed by atoms with van der Waals surface area (Å²) in [6.45, 7) is 2.84. The minimum absolute atomic E-state index is 0. The number of rotatable bonds is 7. The van der Waals surface area contributed by atoms with Crippen molar-refractivity contribution < 1.29 is 9.47 Å². The lowest BCUT2D eigenvalue weighted by Crippen LogP contribution is -2.48. The molecule has 8 heteroatoms. The highest BCUT2D eigenvalue weighted by atomic mass is 127. The van der Waals surface area contributed by atoms with E-state index in [1.54, 1.807) is 7.11 Å². The molecule has 1 aromatic carbocycles. The number of thiophene rings is 1. The Morgan fingerprint density at radius 2 is 1.91 bits per heavy atom. The molecule has 0 atom stereocenters. The Hall–Kier alpha value is -1.68. The number of nitrogens with one attached hydrogen (secondary N) is 2. The summed E-state index contributed by atoms with van der Waals surface area (Å²) in [5, 5.41) is 10.6. The van der Waals surface area contributed by atoms with Gasteiger partial charge in [-0.1, -0.05) is 6.07 Å². The summed E-state index contributed by atoms with van der Waals surface area (Å²) in [7, 11) is 3.53. The molecule has 1 saturated heterocycles. The van der Waals surface area contributed by atoms with Crippen LogP contribution in [0.1, 0.15) is 44.1 Å². The lowest BCUT2D eigenvalue weighted by molar-refractivity contribution is 0.200. The molecule has 0 bridgehead atoms. The average Bonchev–Trinajstić information content (AvgIpc) is 3.52. The first kappa shape index (κ1) is 25.0. The molecule has 2 aliphatic rings. The molecule has 4 rings (SSSR count). The predicted molar refractivity (Wildman–Crippen MR) is 144 cm³/mol. The topological polar surface area (TPSA) is 58.1 Å². The highest BCUT2D eigenvalue weighted by Gasteiger charge is 2.21. The van der Waals surface area contributed by atoms with Gasteiger partial charge in [0.1, 0.15) is 0 Å². The van der Waals surface area contributed by atoms with Crippen molar-refractivity contribution in [2.45, 2.75) is 57.2 Å². The smallest absolute Gasteiger partial charge is 0.191 e. The lowest BCUT2D eigenvalue weighted by atomic mass is 10.1. The van der Waals surface area contributed by atoms with Crippen LogP contribution >= 0.6 is 35.3 Å². The molecule has 6 nitrogen and oxygen atoms in total. The van der Waals surface area contributed by atoms with Crippen LogP contribution in [0.15, 0.2) is 40.7 Å². The SMILES string of the molecule is CN=C(NCc1ccc(OC2CCCC2)c(OC)c1)NC1CCN(c2cccs2)CC1.I. The zero-order valence-corrected chi connectivity index (χ0v) is 22.2. The fourth-order valence-electron chi connectivity index (χ4n) is 4.37. The van der Waals surface area contributed by atoms with Crippen LogP contribution < -0.4 is 25.0 Å². The number of halogens is 1. The lowest BCUT2D eigenvalue weighted by Gasteiger charge is -2.33. The number of guanidine groups is 1. The van der Waals surface area contributed by atoms with Crippen LogP contribution in [0.3, 0.4) is 0 Å². The second kappa shape index (κ2) is 12.5. The molecule has 2 heterocycles. The second-order valence-electron chi connectivity index (χ2n) is 8.29. The van der Waals surface area contributed by atoms with E-state index in [4.69, 9.17) is 9.47 Å². The van der Waals surface area contributed by atoms with Gasteiger partial charge in [-0.25, -0.2) is 0 Å². The molecular weight excluding hydrogens is 535 g/mol. The minimum atomic E-state index is 0. The molecule has 0 unspecified atom stereocenters. The Bertz CT molecular complexity index is 848. The molecule has 1 aromatic heterocycles. The zero-order valence-electron chi connectivity index (χ0n) is 19.0. The van der Waals surface area contributed by atoms with E-state index in [0.29, 0.717) is 18.7 Å². The van der Waals surface area contributed by atoms with E-state index in [-0.39, 0.29) is 24.0 Å². The van der Waals surface area contributed by atoms with Gasteiger partial charge < -0.3 is 25.0 Å². The van der Waals surface area contributed by atoms with Gasteiger partial charge in [0.2, 0.25) is 0 Å². The molecule has 32 heavy (non-hydrogen) atoms. The maximum absolute atomic E-state index is 6.15. The van der Waals surface area contributed by atoms with Crippen molar-refractivity contribution in [3.05, 3.63) is 41.3 Å². The molecule has 2 fully saturated rings. The van der Waals surface area contributed by atoms with E-state index in [9.17, 15) is 0 Å². The third-order valence-electron chi connectivity index (χ3n) is 6.16. The van der Waals surface area contributed by atoms with Crippen LogP contribution in [0.2, 0.25) is 0 Å². The molecule has 1 saturated carbocycles. The first-order chi connectivity index (χ1) is 15.2. The van der Waals surface area contributed by atoms with Crippen LogP contribution in [0.4, 0.5) is 5.00 Å². The molecule has 1 aliphatic carbocycles. The number of hydrogen-bond donors (Lipinski definition) is 2. The molecule has 176 valence electrons. The zero-order chi connectivity index (χ0) is 21.5. The molecule has 0 amide bonds. The van der Waals surface area contributed by atoms with Crippen molar-refractivity contribution in [3.63, 3.8) is 0 Å². The number of anilines is 1. The summed E-state index contributed by atoms with van der Waals surface area (Å²) in [4.78, 5) is 6.89. The first-order valence-corrected chi connectivity index (χ1v) is 12.2. The van der Waals surface area contributed by atoms with E-state index in [1.165, 1.54) is 17.8 Å². The van der Waals surface area contributed by atoms with Gasteiger partial charge in [-0.15, -0.1) is 35.3 Å². The predicted octanol–water partition coefficient (Wildman–Crippen LogP) is 5.03. The van der Waals surface area contributed by atoms with Crippen LogP contribution in [0, 0.1) is 0 Å². The molecule has 0 spiro atoms. The quantitative estimate of drug-likeness (QED) is 0.278. The molecule has 2 N–H and O–H groups in total. The maximum atomic E-state index is 6.15. The monoisotopic (exact) mass is 570 g/mol. The van der Waals surface area contributed by atoms with Crippen molar-refractivity contribution in [1.82, 2.24) is 10.6 Å². The van der Waals surface area contributed by atoms with E-state index >= 15 is 0 Å². The summed E-state index contributed by atoms with van der Waals surface area (Å²) in [5.41, 5.74) is 1.14. The number of nitrogens with zero attached hydrogens (tertiary/aromatic N) is 2. The fraction of sp³-hybridized carbons (Fsp3) is 0.542. The Morgan fingerprint density at radius 3 is 2.56 bits per heavy atom. The third kappa shape index (κ3) is 6.66. The Labute approximate surface area is 212 Å². The van der Waals surface area contributed by atoms with Crippen LogP contribution in [0.5, 0.6) is 11.5 Å². The van der Waals surface area contributed by atoms with Crippen LogP contribution in [-0.2, 0) is 6.54 Å². The van der Waals surface area contributed by atoms with Gasteiger partial charge in [0.25, 0.3) is 0 Å². The Morgan fingerprint density at radius 1 is 1.12 bits per heavy atom. The van der Waals surface area contributed by atoms with Gasteiger partial charge in [0.15, 0.2) is 17.5 Å². The minimum Gasteiger partial charge on any atom is -0.493 e. The normalized spacial score (nSPS) is 17.7. The number of aliphatic imine (C=N–C) groups is 1. The number of methoxy groups -OCH3 is 1. The van der Waals surface area contributed by atoms with Crippen molar-refractivity contribution in [3.8, 4) is 11.5 Å². The summed E-state index contributed by atoms with van der Waals surface area (Å²) >= 11 is 1.82. The number of benzene rings is 1. The first-order valence-electron chi connectivity index (χ1n) is 11.3. The van der Waals surface area contributed by atoms with Crippen LogP contribution in [0.25, 0.3) is 0 Å². The van der Waals surface area contributed by atoms with Gasteiger partial charge >= 0.3 is 0 Å². The highest BCUT2D eigenvalue weighted by Crippen LogP contribution is 2.32. The summed E-state index contributed by atoms with van der Waals surface area (Å²) < 4.78 is 11.7. The van der Waals surface area contributed by atoms with E-state index in [1.807, 2.05) is 24.5 Å². The molecule has 0 radical (unpaired) electrons. The standard InChI is InChI=1S/C24H34N4O2S.HI/c1-25-24(27-19-11-13-28(14-12-19)23-8-5-15-31-23)26-17-18-9-10-21(22(16-18)29-2)30-20-6-3-4-7-20;/h5,8-10,15-16,19-20H,3-4,6-7,11-14,17H2,1-2H3,(H2,25,26,27);1H. The van der Waals surface area contributed by atoms with Crippen LogP contribution in [-0.4, -0.2) is 45.4 Å². The third-order valence-corrected chi connectivity index (χ3v) is 7.09. The van der Waals surface area contributed by atoms with Gasteiger partial charge in [0.05, 0.1) is 18.2 Å². The van der Waals surface area contributed by atoms with Crippen molar-refractivity contribution in [2.75, 3.05) is 32.1 Å². The number of ether oxygens (including phenoxy) is 2. The maximum Gasteiger partial charge on any atom is 0.191 e. The number of hydrogen-bond acceptors (Lipinski definition) is 5. The van der Waals surface area contributed by atoms with E-state index < -0.39 is 0 Å². The second-order valence-corrected chi connectivity index (χ2v) is 9.22. The fourth-order valence-corrected chi connectivity index (χ4v) is 5.16. The summed E-state index contributed by atoms with van der Waals surface area (Å²) in [6, 6.07) is 11.0. The Kier molecular flexibility index (Phi) is 9.77. The van der Waals surface area contributed by atoms with E-state index in [0.717, 1.165) is 61.8 Å². The molecule has 1 aliphatic heterocycles. The van der Waals surface area contributed by atoms with Gasteiger partial charge in [-0.3, -0.25) is 4.99 Å². The summed E-state index contributed by atoms with van der Waals surface area (Å²) in [6.07, 6.45) is 7.34.